The molecule has 0 saturated carbocycles. The Balaban J connectivity index is 1.48. The highest BCUT2D eigenvalue weighted by molar-refractivity contribution is 5.78. The molecule has 3 aromatic rings. The minimum Gasteiger partial charge on any atom is -0.372 e. The Morgan fingerprint density at radius 2 is 2.12 bits per heavy atom. The Morgan fingerprint density at radius 1 is 1.25 bits per heavy atom. The van der Waals surface area contributed by atoms with Crippen molar-refractivity contribution >= 4 is 10.9 Å². The monoisotopic (exact) mass is 322 g/mol. The number of rotatable bonds is 4. The predicted octanol–water partition coefficient (Wildman–Crippen LogP) is 2.90. The first kappa shape index (κ1) is 15.3. The van der Waals surface area contributed by atoms with E-state index in [1.807, 2.05) is 30.1 Å². The van der Waals surface area contributed by atoms with Crippen LogP contribution >= 0.6 is 0 Å². The number of hydrogen-bond donors (Lipinski definition) is 1. The fraction of sp³-hybridized carbons (Fsp3) is 0.368. The fourth-order valence-corrected chi connectivity index (χ4v) is 3.34. The van der Waals surface area contributed by atoms with Gasteiger partial charge in [0, 0.05) is 42.9 Å². The Hall–Kier alpha value is -2.24. The lowest BCUT2D eigenvalue weighted by atomic mass is 10.0. The van der Waals surface area contributed by atoms with Crippen molar-refractivity contribution in [3.8, 4) is 0 Å². The SMILES string of the molecule is Cc1c([C@H]2OCC[C@@H]2NCc2ccc3ccccc3n2)cnn1C. The van der Waals surface area contributed by atoms with Gasteiger partial charge in [-0.15, -0.1) is 0 Å². The van der Waals surface area contributed by atoms with Crippen LogP contribution in [0.2, 0.25) is 0 Å². The molecule has 0 bridgehead atoms. The van der Waals surface area contributed by atoms with Gasteiger partial charge in [-0.05, 0) is 25.5 Å². The highest BCUT2D eigenvalue weighted by atomic mass is 16.5. The van der Waals surface area contributed by atoms with Crippen LogP contribution in [0.15, 0.2) is 42.6 Å². The number of aromatic nitrogens is 3. The molecule has 5 heteroatoms. The summed E-state index contributed by atoms with van der Waals surface area (Å²) in [5.41, 5.74) is 4.44. The van der Waals surface area contributed by atoms with Gasteiger partial charge in [-0.1, -0.05) is 24.3 Å². The van der Waals surface area contributed by atoms with Crippen LogP contribution < -0.4 is 5.32 Å². The average molecular weight is 322 g/mol. The molecule has 1 aliphatic heterocycles. The van der Waals surface area contributed by atoms with E-state index in [1.54, 1.807) is 0 Å². The molecule has 1 aliphatic rings. The van der Waals surface area contributed by atoms with E-state index in [-0.39, 0.29) is 6.10 Å². The van der Waals surface area contributed by atoms with Crippen LogP contribution in [0.3, 0.4) is 0 Å². The van der Waals surface area contributed by atoms with Crippen LogP contribution in [0.1, 0.15) is 29.5 Å². The van der Waals surface area contributed by atoms with E-state index in [2.05, 4.69) is 41.6 Å². The highest BCUT2D eigenvalue weighted by Gasteiger charge is 2.31. The van der Waals surface area contributed by atoms with Crippen LogP contribution in [-0.4, -0.2) is 27.4 Å². The van der Waals surface area contributed by atoms with Gasteiger partial charge in [-0.25, -0.2) is 0 Å². The third-order valence-electron chi connectivity index (χ3n) is 4.87. The van der Waals surface area contributed by atoms with Crippen molar-refractivity contribution in [3.05, 3.63) is 59.5 Å². The molecule has 5 nitrogen and oxygen atoms in total. The second-order valence-electron chi connectivity index (χ2n) is 6.37. The van der Waals surface area contributed by atoms with Crippen molar-refractivity contribution in [2.45, 2.75) is 32.0 Å². The lowest BCUT2D eigenvalue weighted by Crippen LogP contribution is -2.31. The quantitative estimate of drug-likeness (QED) is 0.802. The maximum atomic E-state index is 5.97. The van der Waals surface area contributed by atoms with Crippen LogP contribution in [-0.2, 0) is 18.3 Å². The molecule has 0 unspecified atom stereocenters. The third kappa shape index (κ3) is 2.81. The minimum absolute atomic E-state index is 0.0687. The van der Waals surface area contributed by atoms with Gasteiger partial charge in [0.15, 0.2) is 0 Å². The maximum Gasteiger partial charge on any atom is 0.101 e. The molecule has 4 rings (SSSR count). The highest BCUT2D eigenvalue weighted by Crippen LogP contribution is 2.31. The van der Waals surface area contributed by atoms with Gasteiger partial charge in [0.05, 0.1) is 17.4 Å². The first-order valence-corrected chi connectivity index (χ1v) is 8.40. The minimum atomic E-state index is 0.0687. The van der Waals surface area contributed by atoms with Crippen molar-refractivity contribution in [1.29, 1.82) is 0 Å². The molecule has 1 N–H and O–H groups in total. The first-order chi connectivity index (χ1) is 11.7. The summed E-state index contributed by atoms with van der Waals surface area (Å²) in [6.45, 7) is 3.61. The fourth-order valence-electron chi connectivity index (χ4n) is 3.34. The molecular formula is C19H22N4O. The zero-order valence-electron chi connectivity index (χ0n) is 14.1. The van der Waals surface area contributed by atoms with Crippen molar-refractivity contribution in [3.63, 3.8) is 0 Å². The Bertz CT molecular complexity index is 857. The number of benzene rings is 1. The number of nitrogens with one attached hydrogen (secondary N) is 1. The third-order valence-corrected chi connectivity index (χ3v) is 4.87. The van der Waals surface area contributed by atoms with E-state index >= 15 is 0 Å². The van der Waals surface area contributed by atoms with Crippen LogP contribution in [0.25, 0.3) is 10.9 Å². The molecule has 2 aromatic heterocycles. The first-order valence-electron chi connectivity index (χ1n) is 8.40. The summed E-state index contributed by atoms with van der Waals surface area (Å²) in [4.78, 5) is 4.74. The molecule has 2 atom stereocenters. The molecule has 0 spiro atoms. The maximum absolute atomic E-state index is 5.97. The summed E-state index contributed by atoms with van der Waals surface area (Å²) in [5.74, 6) is 0. The molecular weight excluding hydrogens is 300 g/mol. The molecule has 124 valence electrons. The van der Waals surface area contributed by atoms with E-state index in [9.17, 15) is 0 Å². The Labute approximate surface area is 141 Å². The second kappa shape index (κ2) is 6.34. The molecule has 1 aromatic carbocycles. The molecule has 1 fully saturated rings. The van der Waals surface area contributed by atoms with E-state index in [0.717, 1.165) is 36.5 Å². The number of ether oxygens (including phenoxy) is 1. The number of aryl methyl sites for hydroxylation is 1. The van der Waals surface area contributed by atoms with Crippen molar-refractivity contribution in [2.24, 2.45) is 7.05 Å². The van der Waals surface area contributed by atoms with Gasteiger partial charge >= 0.3 is 0 Å². The molecule has 24 heavy (non-hydrogen) atoms. The van der Waals surface area contributed by atoms with Gasteiger partial charge in [-0.2, -0.15) is 5.10 Å². The Morgan fingerprint density at radius 3 is 2.96 bits per heavy atom. The molecule has 3 heterocycles. The van der Waals surface area contributed by atoms with Gasteiger partial charge in [0.1, 0.15) is 6.10 Å². The zero-order valence-corrected chi connectivity index (χ0v) is 14.1. The van der Waals surface area contributed by atoms with E-state index in [0.29, 0.717) is 6.04 Å². The summed E-state index contributed by atoms with van der Waals surface area (Å²) in [6.07, 6.45) is 3.00. The van der Waals surface area contributed by atoms with Crippen molar-refractivity contribution in [1.82, 2.24) is 20.1 Å². The topological polar surface area (TPSA) is 52.0 Å². The number of fused-ring (bicyclic) bond motifs is 1. The molecule has 0 amide bonds. The molecule has 0 radical (unpaired) electrons. The van der Waals surface area contributed by atoms with Gasteiger partial charge in [-0.3, -0.25) is 9.67 Å². The summed E-state index contributed by atoms with van der Waals surface area (Å²) in [6, 6.07) is 12.7. The van der Waals surface area contributed by atoms with Crippen LogP contribution in [0, 0.1) is 6.92 Å². The summed E-state index contributed by atoms with van der Waals surface area (Å²) in [5, 5.41) is 9.14. The van der Waals surface area contributed by atoms with E-state index < -0.39 is 0 Å². The largest absolute Gasteiger partial charge is 0.372 e. The lowest BCUT2D eigenvalue weighted by Gasteiger charge is -2.19. The normalized spacial score (nSPS) is 20.8. The van der Waals surface area contributed by atoms with Crippen LogP contribution in [0.4, 0.5) is 0 Å². The summed E-state index contributed by atoms with van der Waals surface area (Å²) in [7, 11) is 1.97. The van der Waals surface area contributed by atoms with Gasteiger partial charge in [0.25, 0.3) is 0 Å². The lowest BCUT2D eigenvalue weighted by molar-refractivity contribution is 0.0978. The smallest absolute Gasteiger partial charge is 0.101 e. The average Bonchev–Trinajstić information content (AvgIpc) is 3.20. The molecule has 0 aliphatic carbocycles. The van der Waals surface area contributed by atoms with E-state index in [1.165, 1.54) is 10.9 Å². The van der Waals surface area contributed by atoms with Gasteiger partial charge < -0.3 is 10.1 Å². The zero-order chi connectivity index (χ0) is 16.5. The predicted molar refractivity (Wildman–Crippen MR) is 93.6 cm³/mol. The molecule has 1 saturated heterocycles. The second-order valence-corrected chi connectivity index (χ2v) is 6.37. The number of nitrogens with zero attached hydrogens (tertiary/aromatic N) is 3. The van der Waals surface area contributed by atoms with Gasteiger partial charge in [0.2, 0.25) is 0 Å². The summed E-state index contributed by atoms with van der Waals surface area (Å²) >= 11 is 0. The standard InChI is InChI=1S/C19H22N4O/c1-13-16(12-21-23(13)2)19-18(9-10-24-19)20-11-15-8-7-14-5-3-4-6-17(14)22-15/h3-8,12,18-20H,9-11H2,1-2H3/t18-,19+/m0/s1. The number of pyridine rings is 1. The van der Waals surface area contributed by atoms with Crippen molar-refractivity contribution in [2.75, 3.05) is 6.61 Å². The Kier molecular flexibility index (Phi) is 4.04. The number of hydrogen-bond acceptors (Lipinski definition) is 4. The van der Waals surface area contributed by atoms with Crippen LogP contribution in [0.5, 0.6) is 0 Å². The van der Waals surface area contributed by atoms with E-state index in [4.69, 9.17) is 9.72 Å². The number of para-hydroxylation sites is 1. The van der Waals surface area contributed by atoms with Crippen molar-refractivity contribution < 1.29 is 4.74 Å². The summed E-state index contributed by atoms with van der Waals surface area (Å²) < 4.78 is 7.87.